The zero-order chi connectivity index (χ0) is 23.0. The third-order valence-corrected chi connectivity index (χ3v) is 5.18. The van der Waals surface area contributed by atoms with Crippen molar-refractivity contribution in [1.29, 1.82) is 0 Å². The van der Waals surface area contributed by atoms with Crippen LogP contribution in [0.5, 0.6) is 0 Å². The fraction of sp³-hybridized carbons (Fsp3) is 0.160. The highest BCUT2D eigenvalue weighted by Crippen LogP contribution is 2.22. The molecule has 0 fully saturated rings. The number of carbonyl (C=O) groups excluding carboxylic acids is 2. The second-order valence-electron chi connectivity index (χ2n) is 7.36. The first-order chi connectivity index (χ1) is 16.1. The van der Waals surface area contributed by atoms with Gasteiger partial charge in [-0.2, -0.15) is 0 Å². The van der Waals surface area contributed by atoms with Crippen molar-refractivity contribution in [1.82, 2.24) is 15.6 Å². The Morgan fingerprint density at radius 1 is 0.970 bits per heavy atom. The molecule has 0 radical (unpaired) electrons. The van der Waals surface area contributed by atoms with E-state index in [2.05, 4.69) is 15.6 Å². The Balaban J connectivity index is 1.24. The molecule has 8 heteroatoms. The Kier molecular flexibility index (Phi) is 7.22. The maximum atomic E-state index is 12.3. The summed E-state index contributed by atoms with van der Waals surface area (Å²) < 4.78 is 10.9. The first-order valence-electron chi connectivity index (χ1n) is 10.4. The summed E-state index contributed by atoms with van der Waals surface area (Å²) in [6.07, 6.45) is 3.82. The molecule has 4 rings (SSSR count). The van der Waals surface area contributed by atoms with Gasteiger partial charge in [-0.3, -0.25) is 9.59 Å². The lowest BCUT2D eigenvalue weighted by Gasteiger charge is -2.08. The molecule has 0 aliphatic heterocycles. The lowest BCUT2D eigenvalue weighted by atomic mass is 10.1. The van der Waals surface area contributed by atoms with Crippen LogP contribution < -0.4 is 10.6 Å². The van der Waals surface area contributed by atoms with Crippen LogP contribution in [0.3, 0.4) is 0 Å². The van der Waals surface area contributed by atoms with Crippen LogP contribution in [0, 0.1) is 0 Å². The third-order valence-electron chi connectivity index (χ3n) is 4.93. The van der Waals surface area contributed by atoms with Crippen molar-refractivity contribution >= 4 is 23.4 Å². The number of furan rings is 1. The topological polar surface area (TPSA) is 97.4 Å². The van der Waals surface area contributed by atoms with Crippen LogP contribution in [0.25, 0.3) is 11.3 Å². The van der Waals surface area contributed by atoms with Crippen LogP contribution >= 0.6 is 11.6 Å². The summed E-state index contributed by atoms with van der Waals surface area (Å²) in [5.74, 6) is 1.46. The number of oxazole rings is 1. The van der Waals surface area contributed by atoms with Gasteiger partial charge in [-0.1, -0.05) is 23.7 Å². The number of aryl methyl sites for hydroxylation is 1. The highest BCUT2D eigenvalue weighted by molar-refractivity contribution is 6.30. The summed E-state index contributed by atoms with van der Waals surface area (Å²) in [4.78, 5) is 28.9. The molecule has 7 nitrogen and oxygen atoms in total. The fourth-order valence-corrected chi connectivity index (χ4v) is 3.31. The van der Waals surface area contributed by atoms with E-state index in [0.29, 0.717) is 47.5 Å². The number of halogens is 1. The summed E-state index contributed by atoms with van der Waals surface area (Å²) in [6, 6.07) is 18.0. The van der Waals surface area contributed by atoms with Gasteiger partial charge in [-0.15, -0.1) is 0 Å². The fourth-order valence-electron chi connectivity index (χ4n) is 3.19. The molecule has 0 saturated carbocycles. The van der Waals surface area contributed by atoms with Gasteiger partial charge in [0, 0.05) is 35.5 Å². The van der Waals surface area contributed by atoms with Gasteiger partial charge in [0.05, 0.1) is 19.0 Å². The van der Waals surface area contributed by atoms with Crippen molar-refractivity contribution in [3.8, 4) is 11.3 Å². The van der Waals surface area contributed by atoms with E-state index in [4.69, 9.17) is 20.4 Å². The number of aromatic nitrogens is 1. The number of hydrogen-bond donors (Lipinski definition) is 2. The average Bonchev–Trinajstić information content (AvgIpc) is 3.53. The maximum Gasteiger partial charge on any atom is 0.251 e. The van der Waals surface area contributed by atoms with E-state index in [1.165, 1.54) is 0 Å². The quantitative estimate of drug-likeness (QED) is 0.372. The first kappa shape index (κ1) is 22.4. The minimum atomic E-state index is -0.208. The number of amides is 2. The maximum absolute atomic E-state index is 12.3. The van der Waals surface area contributed by atoms with Gasteiger partial charge >= 0.3 is 0 Å². The van der Waals surface area contributed by atoms with E-state index >= 15 is 0 Å². The Morgan fingerprint density at radius 2 is 1.82 bits per heavy atom. The molecule has 0 bridgehead atoms. The molecular weight excluding hydrogens is 442 g/mol. The van der Waals surface area contributed by atoms with E-state index in [9.17, 15) is 9.59 Å². The van der Waals surface area contributed by atoms with Gasteiger partial charge in [0.15, 0.2) is 11.7 Å². The Hall–Kier alpha value is -3.84. The third kappa shape index (κ3) is 6.33. The van der Waals surface area contributed by atoms with E-state index in [1.807, 2.05) is 18.2 Å². The SMILES string of the molecule is O=C(CCc1ncc(-c2ccc(Cl)cc2)o1)NCc1cccc(C(=O)NCc2ccco2)c1. The minimum Gasteiger partial charge on any atom is -0.467 e. The monoisotopic (exact) mass is 463 g/mol. The molecule has 33 heavy (non-hydrogen) atoms. The number of carbonyl (C=O) groups is 2. The Bertz CT molecular complexity index is 1220. The van der Waals surface area contributed by atoms with Crippen molar-refractivity contribution in [2.75, 3.05) is 0 Å². The molecule has 0 atom stereocenters. The molecule has 0 saturated heterocycles. The van der Waals surface area contributed by atoms with Crippen LogP contribution in [0.1, 0.15) is 34.0 Å². The van der Waals surface area contributed by atoms with Gasteiger partial charge in [0.2, 0.25) is 5.91 Å². The highest BCUT2D eigenvalue weighted by atomic mass is 35.5. The van der Waals surface area contributed by atoms with E-state index < -0.39 is 0 Å². The molecule has 2 amide bonds. The van der Waals surface area contributed by atoms with Crippen LogP contribution in [0.2, 0.25) is 5.02 Å². The van der Waals surface area contributed by atoms with Crippen molar-refractivity contribution in [3.63, 3.8) is 0 Å². The lowest BCUT2D eigenvalue weighted by molar-refractivity contribution is -0.121. The van der Waals surface area contributed by atoms with E-state index in [0.717, 1.165) is 11.1 Å². The summed E-state index contributed by atoms with van der Waals surface area (Å²) in [6.45, 7) is 0.632. The number of rotatable bonds is 9. The van der Waals surface area contributed by atoms with Gasteiger partial charge in [-0.25, -0.2) is 4.98 Å². The van der Waals surface area contributed by atoms with Gasteiger partial charge in [0.25, 0.3) is 5.91 Å². The molecular formula is C25H22ClN3O4. The molecule has 0 unspecified atom stereocenters. The molecule has 2 aromatic carbocycles. The molecule has 0 aliphatic carbocycles. The van der Waals surface area contributed by atoms with Gasteiger partial charge in [-0.05, 0) is 54.1 Å². The average molecular weight is 464 g/mol. The zero-order valence-electron chi connectivity index (χ0n) is 17.7. The molecule has 4 aromatic rings. The molecule has 0 spiro atoms. The lowest BCUT2D eigenvalue weighted by Crippen LogP contribution is -2.24. The van der Waals surface area contributed by atoms with E-state index in [-0.39, 0.29) is 18.2 Å². The predicted molar refractivity (Wildman–Crippen MR) is 123 cm³/mol. The number of hydrogen-bond acceptors (Lipinski definition) is 5. The normalized spacial score (nSPS) is 10.7. The molecule has 2 aromatic heterocycles. The molecule has 168 valence electrons. The van der Waals surface area contributed by atoms with Crippen LogP contribution in [0.4, 0.5) is 0 Å². The highest BCUT2D eigenvalue weighted by Gasteiger charge is 2.10. The minimum absolute atomic E-state index is 0.131. The van der Waals surface area contributed by atoms with Gasteiger partial charge < -0.3 is 19.5 Å². The molecule has 0 aliphatic rings. The van der Waals surface area contributed by atoms with E-state index in [1.54, 1.807) is 54.9 Å². The van der Waals surface area contributed by atoms with Crippen LogP contribution in [0.15, 0.2) is 82.0 Å². The Morgan fingerprint density at radius 3 is 2.61 bits per heavy atom. The van der Waals surface area contributed by atoms with Gasteiger partial charge in [0.1, 0.15) is 5.76 Å². The standard InChI is InChI=1S/C25H22ClN3O4/c26-20-8-6-18(7-9-20)22-16-28-24(33-22)11-10-23(30)27-14-17-3-1-4-19(13-17)25(31)29-15-21-5-2-12-32-21/h1-9,12-13,16H,10-11,14-15H2,(H,27,30)(H,29,31). The van der Waals surface area contributed by atoms with Crippen molar-refractivity contribution in [2.45, 2.75) is 25.9 Å². The second kappa shape index (κ2) is 10.7. The number of nitrogens with one attached hydrogen (secondary N) is 2. The van der Waals surface area contributed by atoms with Crippen LogP contribution in [-0.4, -0.2) is 16.8 Å². The summed E-state index contributed by atoms with van der Waals surface area (Å²) in [5.41, 5.74) is 2.22. The number of benzene rings is 2. The number of nitrogens with zero attached hydrogens (tertiary/aromatic N) is 1. The first-order valence-corrected chi connectivity index (χ1v) is 10.8. The van der Waals surface area contributed by atoms with Crippen molar-refractivity contribution in [3.05, 3.63) is 101 Å². The summed E-state index contributed by atoms with van der Waals surface area (Å²) >= 11 is 5.91. The largest absolute Gasteiger partial charge is 0.467 e. The smallest absolute Gasteiger partial charge is 0.251 e. The Labute approximate surface area is 195 Å². The predicted octanol–water partition coefficient (Wildman–Crippen LogP) is 4.77. The summed E-state index contributed by atoms with van der Waals surface area (Å²) in [5, 5.41) is 6.32. The van der Waals surface area contributed by atoms with Crippen molar-refractivity contribution in [2.24, 2.45) is 0 Å². The molecule has 2 heterocycles. The van der Waals surface area contributed by atoms with Crippen molar-refractivity contribution < 1.29 is 18.4 Å². The van der Waals surface area contributed by atoms with Crippen LogP contribution in [-0.2, 0) is 24.3 Å². The second-order valence-corrected chi connectivity index (χ2v) is 7.80. The molecule has 2 N–H and O–H groups in total. The summed E-state index contributed by atoms with van der Waals surface area (Å²) in [7, 11) is 0. The zero-order valence-corrected chi connectivity index (χ0v) is 18.5.